The van der Waals surface area contributed by atoms with Gasteiger partial charge >= 0.3 is 0 Å². The van der Waals surface area contributed by atoms with E-state index in [2.05, 4.69) is 35.2 Å². The molecule has 0 saturated heterocycles. The number of methoxy groups -OCH3 is 1. The third-order valence-corrected chi connectivity index (χ3v) is 3.25. The summed E-state index contributed by atoms with van der Waals surface area (Å²) in [6, 6.07) is 6.06. The Morgan fingerprint density at radius 1 is 1.11 bits per heavy atom. The van der Waals surface area contributed by atoms with Crippen LogP contribution in [0.4, 0.5) is 5.82 Å². The Hall–Kier alpha value is -2.10. The molecule has 0 aliphatic heterocycles. The van der Waals surface area contributed by atoms with E-state index in [0.717, 1.165) is 34.2 Å². The topological polar surface area (TPSA) is 47.0 Å². The van der Waals surface area contributed by atoms with Gasteiger partial charge in [-0.3, -0.25) is 0 Å². The van der Waals surface area contributed by atoms with Crippen LogP contribution in [0.5, 0.6) is 5.75 Å². The van der Waals surface area contributed by atoms with Crippen molar-refractivity contribution in [2.75, 3.05) is 19.5 Å². The minimum atomic E-state index is 0.738. The highest BCUT2D eigenvalue weighted by Gasteiger charge is 2.13. The second-order valence-electron chi connectivity index (χ2n) is 4.52. The standard InChI is InChI=1S/C15H19N3O/c1-9-6-7-12(15(19-5)10(9)2)13-8-14(16-4)18-11(3)17-13/h6-8H,1-5H3,(H,16,17,18). The molecule has 0 spiro atoms. The average molecular weight is 257 g/mol. The number of rotatable bonds is 3. The molecule has 0 aliphatic carbocycles. The third kappa shape index (κ3) is 2.52. The highest BCUT2D eigenvalue weighted by Crippen LogP contribution is 2.34. The lowest BCUT2D eigenvalue weighted by Gasteiger charge is -2.14. The van der Waals surface area contributed by atoms with E-state index in [-0.39, 0.29) is 0 Å². The highest BCUT2D eigenvalue weighted by molar-refractivity contribution is 5.71. The molecule has 1 N–H and O–H groups in total. The molecule has 0 bridgehead atoms. The molecule has 0 amide bonds. The summed E-state index contributed by atoms with van der Waals surface area (Å²) in [6.07, 6.45) is 0. The van der Waals surface area contributed by atoms with Crippen molar-refractivity contribution in [3.05, 3.63) is 35.2 Å². The number of aryl methyl sites for hydroxylation is 2. The highest BCUT2D eigenvalue weighted by atomic mass is 16.5. The fourth-order valence-electron chi connectivity index (χ4n) is 2.09. The molecule has 4 nitrogen and oxygen atoms in total. The van der Waals surface area contributed by atoms with Crippen molar-refractivity contribution in [1.82, 2.24) is 9.97 Å². The van der Waals surface area contributed by atoms with Gasteiger partial charge in [0, 0.05) is 18.7 Å². The van der Waals surface area contributed by atoms with Crippen LogP contribution in [0.2, 0.25) is 0 Å². The van der Waals surface area contributed by atoms with Gasteiger partial charge in [0.2, 0.25) is 0 Å². The molecule has 2 aromatic rings. The van der Waals surface area contributed by atoms with Crippen LogP contribution in [0, 0.1) is 20.8 Å². The Morgan fingerprint density at radius 2 is 1.84 bits per heavy atom. The Morgan fingerprint density at radius 3 is 2.47 bits per heavy atom. The first-order valence-electron chi connectivity index (χ1n) is 6.24. The summed E-state index contributed by atoms with van der Waals surface area (Å²) in [5.74, 6) is 2.42. The third-order valence-electron chi connectivity index (χ3n) is 3.25. The van der Waals surface area contributed by atoms with Crippen LogP contribution in [-0.2, 0) is 0 Å². The predicted octanol–water partition coefficient (Wildman–Crippen LogP) is 3.12. The van der Waals surface area contributed by atoms with E-state index in [1.54, 1.807) is 7.11 Å². The summed E-state index contributed by atoms with van der Waals surface area (Å²) in [5, 5.41) is 3.05. The number of hydrogen-bond donors (Lipinski definition) is 1. The van der Waals surface area contributed by atoms with Crippen LogP contribution >= 0.6 is 0 Å². The molecule has 0 atom stereocenters. The van der Waals surface area contributed by atoms with Crippen molar-refractivity contribution < 1.29 is 4.74 Å². The lowest BCUT2D eigenvalue weighted by molar-refractivity contribution is 0.413. The monoisotopic (exact) mass is 257 g/mol. The normalized spacial score (nSPS) is 10.4. The van der Waals surface area contributed by atoms with Crippen LogP contribution in [0.1, 0.15) is 17.0 Å². The van der Waals surface area contributed by atoms with Crippen molar-refractivity contribution in [3.8, 4) is 17.0 Å². The van der Waals surface area contributed by atoms with Crippen molar-refractivity contribution in [2.24, 2.45) is 0 Å². The first-order chi connectivity index (χ1) is 9.06. The van der Waals surface area contributed by atoms with Crippen LogP contribution in [0.25, 0.3) is 11.3 Å². The van der Waals surface area contributed by atoms with Gasteiger partial charge in [-0.1, -0.05) is 6.07 Å². The Labute approximate surface area is 113 Å². The largest absolute Gasteiger partial charge is 0.496 e. The molecular weight excluding hydrogens is 238 g/mol. The number of anilines is 1. The lowest BCUT2D eigenvalue weighted by Crippen LogP contribution is -2.00. The smallest absolute Gasteiger partial charge is 0.131 e. The predicted molar refractivity (Wildman–Crippen MR) is 77.8 cm³/mol. The Kier molecular flexibility index (Phi) is 3.69. The van der Waals surface area contributed by atoms with E-state index in [0.29, 0.717) is 0 Å². The summed E-state index contributed by atoms with van der Waals surface area (Å²) in [7, 11) is 3.54. The lowest BCUT2D eigenvalue weighted by atomic mass is 10.0. The Balaban J connectivity index is 2.65. The molecule has 2 rings (SSSR count). The van der Waals surface area contributed by atoms with Crippen LogP contribution in [0.15, 0.2) is 18.2 Å². The zero-order valence-electron chi connectivity index (χ0n) is 12.0. The maximum Gasteiger partial charge on any atom is 0.131 e. The zero-order valence-corrected chi connectivity index (χ0v) is 12.0. The SMILES string of the molecule is CNc1cc(-c2ccc(C)c(C)c2OC)nc(C)n1. The molecule has 100 valence electrons. The van der Waals surface area contributed by atoms with Gasteiger partial charge in [-0.05, 0) is 38.0 Å². The van der Waals surface area contributed by atoms with Crippen molar-refractivity contribution >= 4 is 5.82 Å². The molecule has 0 saturated carbocycles. The minimum Gasteiger partial charge on any atom is -0.496 e. The average Bonchev–Trinajstić information content (AvgIpc) is 2.40. The maximum absolute atomic E-state index is 5.54. The van der Waals surface area contributed by atoms with Gasteiger partial charge in [0.15, 0.2) is 0 Å². The molecule has 4 heteroatoms. The Bertz CT molecular complexity index is 609. The van der Waals surface area contributed by atoms with Gasteiger partial charge in [0.25, 0.3) is 0 Å². The number of aromatic nitrogens is 2. The number of ether oxygens (including phenoxy) is 1. The molecule has 0 aliphatic rings. The van der Waals surface area contributed by atoms with Crippen LogP contribution in [-0.4, -0.2) is 24.1 Å². The maximum atomic E-state index is 5.54. The van der Waals surface area contributed by atoms with Crippen LogP contribution < -0.4 is 10.1 Å². The molecule has 1 aromatic carbocycles. The molecule has 0 radical (unpaired) electrons. The second kappa shape index (κ2) is 5.26. The molecule has 0 fully saturated rings. The van der Waals surface area contributed by atoms with E-state index in [1.807, 2.05) is 26.1 Å². The van der Waals surface area contributed by atoms with Crippen LogP contribution in [0.3, 0.4) is 0 Å². The van der Waals surface area contributed by atoms with Crippen molar-refractivity contribution in [3.63, 3.8) is 0 Å². The molecular formula is C15H19N3O. The summed E-state index contributed by atoms with van der Waals surface area (Å²) < 4.78 is 5.54. The van der Waals surface area contributed by atoms with Gasteiger partial charge in [-0.15, -0.1) is 0 Å². The van der Waals surface area contributed by atoms with Gasteiger partial charge in [0.05, 0.1) is 12.8 Å². The number of benzene rings is 1. The molecule has 19 heavy (non-hydrogen) atoms. The fourth-order valence-corrected chi connectivity index (χ4v) is 2.09. The number of hydrogen-bond acceptors (Lipinski definition) is 4. The summed E-state index contributed by atoms with van der Waals surface area (Å²) in [5.41, 5.74) is 4.21. The van der Waals surface area contributed by atoms with Gasteiger partial charge in [-0.25, -0.2) is 9.97 Å². The summed E-state index contributed by atoms with van der Waals surface area (Å²) in [4.78, 5) is 8.81. The molecule has 1 aromatic heterocycles. The van der Waals surface area contributed by atoms with Crippen molar-refractivity contribution in [1.29, 1.82) is 0 Å². The van der Waals surface area contributed by atoms with E-state index in [4.69, 9.17) is 4.74 Å². The van der Waals surface area contributed by atoms with Gasteiger partial charge in [-0.2, -0.15) is 0 Å². The first-order valence-corrected chi connectivity index (χ1v) is 6.24. The number of nitrogens with zero attached hydrogens (tertiary/aromatic N) is 2. The van der Waals surface area contributed by atoms with E-state index < -0.39 is 0 Å². The zero-order chi connectivity index (χ0) is 14.0. The van der Waals surface area contributed by atoms with E-state index in [1.165, 1.54) is 5.56 Å². The van der Waals surface area contributed by atoms with E-state index >= 15 is 0 Å². The van der Waals surface area contributed by atoms with Crippen molar-refractivity contribution in [2.45, 2.75) is 20.8 Å². The van der Waals surface area contributed by atoms with E-state index in [9.17, 15) is 0 Å². The fraction of sp³-hybridized carbons (Fsp3) is 0.333. The number of nitrogens with one attached hydrogen (secondary N) is 1. The second-order valence-corrected chi connectivity index (χ2v) is 4.52. The minimum absolute atomic E-state index is 0.738. The molecule has 1 heterocycles. The first kappa shape index (κ1) is 13.3. The molecule has 0 unspecified atom stereocenters. The summed E-state index contributed by atoms with van der Waals surface area (Å²) in [6.45, 7) is 6.02. The quantitative estimate of drug-likeness (QED) is 0.917. The van der Waals surface area contributed by atoms with Gasteiger partial charge in [0.1, 0.15) is 17.4 Å². The summed E-state index contributed by atoms with van der Waals surface area (Å²) >= 11 is 0. The van der Waals surface area contributed by atoms with Gasteiger partial charge < -0.3 is 10.1 Å².